The number of Topliss-reactive ketones (excluding diaryl/α,β-unsaturated/α-hetero) is 1. The normalized spacial score (nSPS) is 16.4. The van der Waals surface area contributed by atoms with E-state index in [-0.39, 0.29) is 41.6 Å². The van der Waals surface area contributed by atoms with Crippen LogP contribution in [0.25, 0.3) is 5.76 Å². The van der Waals surface area contributed by atoms with Crippen molar-refractivity contribution < 1.29 is 38.8 Å². The van der Waals surface area contributed by atoms with E-state index in [1.54, 1.807) is 55.5 Å². The quantitative estimate of drug-likeness (QED) is 0.198. The molecule has 0 radical (unpaired) electrons. The van der Waals surface area contributed by atoms with Crippen molar-refractivity contribution >= 4 is 29.1 Å². The Morgan fingerprint density at radius 2 is 1.63 bits per heavy atom. The van der Waals surface area contributed by atoms with Crippen LogP contribution in [-0.4, -0.2) is 48.7 Å². The van der Waals surface area contributed by atoms with Gasteiger partial charge in [-0.25, -0.2) is 0 Å². The van der Waals surface area contributed by atoms with E-state index in [4.69, 9.17) is 14.2 Å². The molecule has 9 heteroatoms. The van der Waals surface area contributed by atoms with E-state index in [2.05, 4.69) is 0 Å². The molecule has 9 nitrogen and oxygen atoms in total. The maximum atomic E-state index is 13.4. The maximum Gasteiger partial charge on any atom is 0.310 e. The van der Waals surface area contributed by atoms with Crippen molar-refractivity contribution in [2.45, 2.75) is 19.4 Å². The van der Waals surface area contributed by atoms with Crippen molar-refractivity contribution in [2.75, 3.05) is 25.7 Å². The Labute approximate surface area is 219 Å². The van der Waals surface area contributed by atoms with Gasteiger partial charge in [0.2, 0.25) is 0 Å². The first-order chi connectivity index (χ1) is 18.3. The van der Waals surface area contributed by atoms with Crippen LogP contribution >= 0.6 is 0 Å². The number of anilines is 1. The summed E-state index contributed by atoms with van der Waals surface area (Å²) in [6, 6.07) is 16.3. The number of esters is 1. The van der Waals surface area contributed by atoms with Gasteiger partial charge in [-0.3, -0.25) is 19.3 Å². The molecule has 2 N–H and O–H groups in total. The van der Waals surface area contributed by atoms with Crippen LogP contribution in [0.2, 0.25) is 0 Å². The van der Waals surface area contributed by atoms with Gasteiger partial charge in [0, 0.05) is 5.69 Å². The molecule has 38 heavy (non-hydrogen) atoms. The van der Waals surface area contributed by atoms with Gasteiger partial charge in [-0.2, -0.15) is 0 Å². The molecule has 4 rings (SSSR count). The van der Waals surface area contributed by atoms with Gasteiger partial charge in [0.05, 0.1) is 44.4 Å². The summed E-state index contributed by atoms with van der Waals surface area (Å²) in [6.45, 7) is 1.99. The Balaban J connectivity index is 1.86. The van der Waals surface area contributed by atoms with Crippen LogP contribution in [0.3, 0.4) is 0 Å². The lowest BCUT2D eigenvalue weighted by Gasteiger charge is -2.26. The molecule has 1 unspecified atom stereocenters. The average Bonchev–Trinajstić information content (AvgIpc) is 3.19. The fraction of sp³-hybridized carbons (Fsp3) is 0.207. The number of rotatable bonds is 8. The first kappa shape index (κ1) is 26.3. The molecule has 0 saturated carbocycles. The highest BCUT2D eigenvalue weighted by atomic mass is 16.5. The van der Waals surface area contributed by atoms with Gasteiger partial charge in [0.1, 0.15) is 23.0 Å². The number of benzene rings is 3. The van der Waals surface area contributed by atoms with Gasteiger partial charge in [-0.1, -0.05) is 24.3 Å². The van der Waals surface area contributed by atoms with E-state index in [0.717, 1.165) is 0 Å². The highest BCUT2D eigenvalue weighted by Crippen LogP contribution is 2.44. The first-order valence-corrected chi connectivity index (χ1v) is 11.9. The number of aromatic hydroxyl groups is 1. The molecule has 1 saturated heterocycles. The van der Waals surface area contributed by atoms with E-state index in [9.17, 15) is 24.6 Å². The molecule has 0 aromatic heterocycles. The summed E-state index contributed by atoms with van der Waals surface area (Å²) in [5.74, 6) is -1.84. The molecule has 1 fully saturated rings. The van der Waals surface area contributed by atoms with E-state index in [1.807, 2.05) is 0 Å². The third kappa shape index (κ3) is 5.04. The van der Waals surface area contributed by atoms with Crippen molar-refractivity contribution in [1.82, 2.24) is 0 Å². The number of hydrogen-bond donors (Lipinski definition) is 2. The number of aliphatic hydroxyl groups is 1. The number of methoxy groups -OCH3 is 2. The number of carbonyl (C=O) groups is 3. The SMILES string of the molecule is CCOC(=O)Cc1ccc(N2C(=O)C(=O)/C(=C(/O)c3cc(OC)ccc3OC)C2c2ccc(O)cc2)cc1. The lowest BCUT2D eigenvalue weighted by atomic mass is 9.94. The smallest absolute Gasteiger partial charge is 0.310 e. The zero-order chi connectivity index (χ0) is 27.4. The minimum atomic E-state index is -1.01. The van der Waals surface area contributed by atoms with Gasteiger partial charge < -0.3 is 24.4 Å². The Bertz CT molecular complexity index is 1390. The van der Waals surface area contributed by atoms with E-state index in [1.165, 1.54) is 37.3 Å². The summed E-state index contributed by atoms with van der Waals surface area (Å²) >= 11 is 0. The molecule has 3 aromatic carbocycles. The van der Waals surface area contributed by atoms with Crippen LogP contribution in [0.4, 0.5) is 5.69 Å². The Kier molecular flexibility index (Phi) is 7.66. The molecule has 0 spiro atoms. The van der Waals surface area contributed by atoms with Crippen molar-refractivity contribution in [3.05, 3.63) is 89.0 Å². The average molecular weight is 518 g/mol. The fourth-order valence-electron chi connectivity index (χ4n) is 4.37. The third-order valence-electron chi connectivity index (χ3n) is 6.18. The molecule has 0 bridgehead atoms. The van der Waals surface area contributed by atoms with Crippen molar-refractivity contribution in [3.63, 3.8) is 0 Å². The summed E-state index contributed by atoms with van der Waals surface area (Å²) in [5.41, 5.74) is 1.57. The lowest BCUT2D eigenvalue weighted by Crippen LogP contribution is -2.29. The largest absolute Gasteiger partial charge is 0.508 e. The van der Waals surface area contributed by atoms with E-state index in [0.29, 0.717) is 22.6 Å². The second-order valence-electron chi connectivity index (χ2n) is 8.48. The van der Waals surface area contributed by atoms with Crippen LogP contribution < -0.4 is 14.4 Å². The number of hydrogen-bond acceptors (Lipinski definition) is 8. The second-order valence-corrected chi connectivity index (χ2v) is 8.48. The third-order valence-corrected chi connectivity index (χ3v) is 6.18. The fourth-order valence-corrected chi connectivity index (χ4v) is 4.37. The number of nitrogens with zero attached hydrogens (tertiary/aromatic N) is 1. The summed E-state index contributed by atoms with van der Waals surface area (Å²) < 4.78 is 15.6. The molecular weight excluding hydrogens is 490 g/mol. The lowest BCUT2D eigenvalue weighted by molar-refractivity contribution is -0.142. The number of ketones is 1. The Morgan fingerprint density at radius 3 is 2.24 bits per heavy atom. The summed E-state index contributed by atoms with van der Waals surface area (Å²) in [5, 5.41) is 21.3. The highest BCUT2D eigenvalue weighted by molar-refractivity contribution is 6.51. The van der Waals surface area contributed by atoms with E-state index >= 15 is 0 Å². The Morgan fingerprint density at radius 1 is 0.947 bits per heavy atom. The number of carbonyl (C=O) groups excluding carboxylic acids is 3. The zero-order valence-electron chi connectivity index (χ0n) is 21.1. The monoisotopic (exact) mass is 517 g/mol. The zero-order valence-corrected chi connectivity index (χ0v) is 21.1. The maximum absolute atomic E-state index is 13.4. The number of phenolic OH excluding ortho intramolecular Hbond substituents is 1. The van der Waals surface area contributed by atoms with Crippen molar-refractivity contribution in [1.29, 1.82) is 0 Å². The first-order valence-electron chi connectivity index (χ1n) is 11.9. The summed E-state index contributed by atoms with van der Waals surface area (Å²) in [7, 11) is 2.89. The minimum absolute atomic E-state index is 0.00323. The van der Waals surface area contributed by atoms with Gasteiger partial charge >= 0.3 is 5.97 Å². The van der Waals surface area contributed by atoms with Crippen LogP contribution in [-0.2, 0) is 25.5 Å². The molecule has 1 heterocycles. The van der Waals surface area contributed by atoms with Gasteiger partial charge in [-0.15, -0.1) is 0 Å². The summed E-state index contributed by atoms with van der Waals surface area (Å²) in [6.07, 6.45) is 0.0595. The Hall–Kier alpha value is -4.79. The molecule has 3 aromatic rings. The van der Waals surface area contributed by atoms with Gasteiger partial charge in [-0.05, 0) is 60.5 Å². The highest BCUT2D eigenvalue weighted by Gasteiger charge is 2.47. The predicted octanol–water partition coefficient (Wildman–Crippen LogP) is 4.14. The molecule has 1 atom stereocenters. The van der Waals surface area contributed by atoms with Crippen molar-refractivity contribution in [2.24, 2.45) is 0 Å². The number of ether oxygens (including phenoxy) is 3. The molecule has 1 aliphatic rings. The van der Waals surface area contributed by atoms with Crippen LogP contribution in [0.1, 0.15) is 29.7 Å². The molecule has 1 amide bonds. The summed E-state index contributed by atoms with van der Waals surface area (Å²) in [4.78, 5) is 39.9. The topological polar surface area (TPSA) is 123 Å². The molecule has 196 valence electrons. The number of amides is 1. The minimum Gasteiger partial charge on any atom is -0.508 e. The molecule has 0 aliphatic carbocycles. The van der Waals surface area contributed by atoms with Crippen LogP contribution in [0.5, 0.6) is 17.2 Å². The number of phenols is 1. The second kappa shape index (κ2) is 11.1. The van der Waals surface area contributed by atoms with Crippen LogP contribution in [0, 0.1) is 0 Å². The molecule has 1 aliphatic heterocycles. The van der Waals surface area contributed by atoms with Crippen LogP contribution in [0.15, 0.2) is 72.3 Å². The van der Waals surface area contributed by atoms with E-state index < -0.39 is 23.5 Å². The van der Waals surface area contributed by atoms with Crippen molar-refractivity contribution in [3.8, 4) is 17.2 Å². The molecular formula is C29H27NO8. The predicted molar refractivity (Wildman–Crippen MR) is 139 cm³/mol. The number of aliphatic hydroxyl groups excluding tert-OH is 1. The standard InChI is InChI=1S/C29H27NO8/c1-4-38-24(32)15-17-5-9-19(10-6-17)30-26(18-7-11-20(31)12-8-18)25(28(34)29(30)35)27(33)22-16-21(36-2)13-14-23(22)37-3/h5-14,16,26,31,33H,4,15H2,1-3H3/b27-25+. The van der Waals surface area contributed by atoms with Gasteiger partial charge in [0.15, 0.2) is 0 Å². The van der Waals surface area contributed by atoms with Gasteiger partial charge in [0.25, 0.3) is 11.7 Å².